The van der Waals surface area contributed by atoms with Gasteiger partial charge >= 0.3 is 0 Å². The van der Waals surface area contributed by atoms with Crippen molar-refractivity contribution in [3.8, 4) is 0 Å². The summed E-state index contributed by atoms with van der Waals surface area (Å²) in [7, 11) is 0. The average Bonchev–Trinajstić information content (AvgIpc) is 1.87. The normalized spacial score (nSPS) is 9.80. The van der Waals surface area contributed by atoms with Gasteiger partial charge in [-0.3, -0.25) is 4.79 Å². The molecular formula is C7H13ClOS. The largest absolute Gasteiger partial charge is 0.288 e. The van der Waals surface area contributed by atoms with Crippen LogP contribution in [0.2, 0.25) is 0 Å². The molecule has 0 atom stereocenters. The second-order valence-corrected chi connectivity index (χ2v) is 3.74. The molecule has 0 rings (SSSR count). The zero-order valence-corrected chi connectivity index (χ0v) is 7.80. The molecule has 0 N–H and O–H groups in total. The van der Waals surface area contributed by atoms with Crippen molar-refractivity contribution in [1.82, 2.24) is 0 Å². The lowest BCUT2D eigenvalue weighted by Gasteiger charge is -1.95. The van der Waals surface area contributed by atoms with E-state index in [0.717, 1.165) is 30.9 Å². The van der Waals surface area contributed by atoms with Crippen LogP contribution in [0.3, 0.4) is 0 Å². The maximum absolute atomic E-state index is 10.4. The Morgan fingerprint density at radius 3 is 2.60 bits per heavy atom. The van der Waals surface area contributed by atoms with E-state index in [1.54, 1.807) is 6.92 Å². The summed E-state index contributed by atoms with van der Waals surface area (Å²) in [6.45, 7) is 1.60. The quantitative estimate of drug-likeness (QED) is 0.478. The first-order valence-electron chi connectivity index (χ1n) is 3.46. The van der Waals surface area contributed by atoms with Crippen LogP contribution in [0.15, 0.2) is 0 Å². The minimum absolute atomic E-state index is 0.214. The van der Waals surface area contributed by atoms with E-state index in [1.165, 1.54) is 11.8 Å². The number of hydrogen-bond donors (Lipinski definition) is 0. The van der Waals surface area contributed by atoms with E-state index < -0.39 is 0 Å². The van der Waals surface area contributed by atoms with E-state index in [9.17, 15) is 4.79 Å². The summed E-state index contributed by atoms with van der Waals surface area (Å²) in [5.41, 5.74) is 0. The Labute approximate surface area is 71.5 Å². The molecule has 0 saturated carbocycles. The van der Waals surface area contributed by atoms with Gasteiger partial charge in [-0.2, -0.15) is 0 Å². The third-order valence-electron chi connectivity index (χ3n) is 1.08. The Morgan fingerprint density at radius 2 is 2.10 bits per heavy atom. The van der Waals surface area contributed by atoms with E-state index >= 15 is 0 Å². The van der Waals surface area contributed by atoms with Crippen molar-refractivity contribution in [1.29, 1.82) is 0 Å². The lowest BCUT2D eigenvalue weighted by atomic mass is 10.3. The average molecular weight is 181 g/mol. The molecule has 0 heterocycles. The summed E-state index contributed by atoms with van der Waals surface area (Å²) in [4.78, 5) is 10.4. The number of halogens is 1. The molecule has 0 saturated heterocycles. The molecule has 0 aliphatic heterocycles. The topological polar surface area (TPSA) is 17.1 Å². The molecule has 0 aliphatic carbocycles. The molecule has 0 spiro atoms. The first-order valence-corrected chi connectivity index (χ1v) is 4.98. The minimum Gasteiger partial charge on any atom is -0.288 e. The van der Waals surface area contributed by atoms with Gasteiger partial charge in [0.05, 0.1) is 0 Å². The summed E-state index contributed by atoms with van der Waals surface area (Å²) in [6.07, 6.45) is 3.32. The summed E-state index contributed by atoms with van der Waals surface area (Å²) >= 11 is 6.87. The van der Waals surface area contributed by atoms with Crippen LogP contribution in [0, 0.1) is 0 Å². The fourth-order valence-electron chi connectivity index (χ4n) is 0.589. The molecule has 0 amide bonds. The van der Waals surface area contributed by atoms with E-state index in [4.69, 9.17) is 11.6 Å². The predicted octanol–water partition coefficient (Wildman–Crippen LogP) is 2.68. The van der Waals surface area contributed by atoms with Gasteiger partial charge < -0.3 is 0 Å². The number of rotatable bonds is 5. The first-order chi connectivity index (χ1) is 4.77. The zero-order valence-electron chi connectivity index (χ0n) is 6.23. The minimum atomic E-state index is 0.214. The van der Waals surface area contributed by atoms with Crippen molar-refractivity contribution >= 4 is 28.5 Å². The standard InChI is InChI=1S/C7H13ClOS/c1-7(9)10-6-4-2-3-5-8/h2-6H2,1H3. The molecule has 1 nitrogen and oxygen atoms in total. The van der Waals surface area contributed by atoms with Crippen LogP contribution in [0.5, 0.6) is 0 Å². The summed E-state index contributed by atoms with van der Waals surface area (Å²) < 4.78 is 0. The van der Waals surface area contributed by atoms with Gasteiger partial charge in [0.1, 0.15) is 0 Å². The molecule has 0 aromatic rings. The molecule has 0 aliphatic rings. The highest BCUT2D eigenvalue weighted by atomic mass is 35.5. The Hall–Kier alpha value is 0.310. The van der Waals surface area contributed by atoms with Crippen LogP contribution in [0.25, 0.3) is 0 Å². The fourth-order valence-corrected chi connectivity index (χ4v) is 1.41. The number of carbonyl (C=O) groups excluding carboxylic acids is 1. The molecule has 0 aromatic carbocycles. The Morgan fingerprint density at radius 1 is 1.40 bits per heavy atom. The lowest BCUT2D eigenvalue weighted by molar-refractivity contribution is -0.109. The van der Waals surface area contributed by atoms with E-state index in [2.05, 4.69) is 0 Å². The number of carbonyl (C=O) groups is 1. The molecule has 0 unspecified atom stereocenters. The lowest BCUT2D eigenvalue weighted by Crippen LogP contribution is -1.86. The van der Waals surface area contributed by atoms with Gasteiger partial charge in [-0.25, -0.2) is 0 Å². The fraction of sp³-hybridized carbons (Fsp3) is 0.857. The van der Waals surface area contributed by atoms with Gasteiger partial charge in [0, 0.05) is 18.6 Å². The van der Waals surface area contributed by atoms with Gasteiger partial charge in [0.15, 0.2) is 5.12 Å². The van der Waals surface area contributed by atoms with Crippen molar-refractivity contribution in [2.45, 2.75) is 26.2 Å². The van der Waals surface area contributed by atoms with Gasteiger partial charge in [0.2, 0.25) is 0 Å². The molecule has 0 radical (unpaired) electrons. The van der Waals surface area contributed by atoms with Gasteiger partial charge in [-0.05, 0) is 12.8 Å². The molecule has 0 fully saturated rings. The third kappa shape index (κ3) is 8.31. The second-order valence-electron chi connectivity index (χ2n) is 2.09. The molecule has 60 valence electrons. The molecule has 0 aromatic heterocycles. The predicted molar refractivity (Wildman–Crippen MR) is 47.7 cm³/mol. The summed E-state index contributed by atoms with van der Waals surface area (Å²) in [5, 5.41) is 0.214. The van der Waals surface area contributed by atoms with Crippen LogP contribution in [0.1, 0.15) is 26.2 Å². The van der Waals surface area contributed by atoms with Crippen LogP contribution in [-0.2, 0) is 4.79 Å². The molecule has 0 bridgehead atoms. The number of unbranched alkanes of at least 4 members (excludes halogenated alkanes) is 2. The van der Waals surface area contributed by atoms with Crippen molar-refractivity contribution in [3.63, 3.8) is 0 Å². The Balaban J connectivity index is 2.84. The Bertz CT molecular complexity index is 95.6. The molecule has 3 heteroatoms. The van der Waals surface area contributed by atoms with Crippen LogP contribution in [0.4, 0.5) is 0 Å². The zero-order chi connectivity index (χ0) is 7.82. The van der Waals surface area contributed by atoms with Crippen LogP contribution >= 0.6 is 23.4 Å². The van der Waals surface area contributed by atoms with E-state index in [0.29, 0.717) is 0 Å². The van der Waals surface area contributed by atoms with Gasteiger partial charge in [-0.15, -0.1) is 11.6 Å². The summed E-state index contributed by atoms with van der Waals surface area (Å²) in [5.74, 6) is 1.69. The highest BCUT2D eigenvalue weighted by Crippen LogP contribution is 2.06. The second kappa shape index (κ2) is 7.42. The Kier molecular flexibility index (Phi) is 7.65. The maximum atomic E-state index is 10.4. The van der Waals surface area contributed by atoms with Gasteiger partial charge in [-0.1, -0.05) is 18.2 Å². The third-order valence-corrected chi connectivity index (χ3v) is 2.25. The van der Waals surface area contributed by atoms with Gasteiger partial charge in [0.25, 0.3) is 0 Å². The van der Waals surface area contributed by atoms with E-state index in [1.807, 2.05) is 0 Å². The number of thioether (sulfide) groups is 1. The molecule has 10 heavy (non-hydrogen) atoms. The van der Waals surface area contributed by atoms with Crippen molar-refractivity contribution in [3.05, 3.63) is 0 Å². The van der Waals surface area contributed by atoms with Crippen molar-refractivity contribution in [2.75, 3.05) is 11.6 Å². The van der Waals surface area contributed by atoms with Crippen molar-refractivity contribution in [2.24, 2.45) is 0 Å². The first kappa shape index (κ1) is 10.3. The number of hydrogen-bond acceptors (Lipinski definition) is 2. The maximum Gasteiger partial charge on any atom is 0.185 e. The van der Waals surface area contributed by atoms with Crippen LogP contribution in [-0.4, -0.2) is 16.7 Å². The highest BCUT2D eigenvalue weighted by molar-refractivity contribution is 8.13. The smallest absolute Gasteiger partial charge is 0.185 e. The number of alkyl halides is 1. The molecular weight excluding hydrogens is 168 g/mol. The SMILES string of the molecule is CC(=O)SCCCCCCl. The summed E-state index contributed by atoms with van der Waals surface area (Å²) in [6, 6.07) is 0. The van der Waals surface area contributed by atoms with E-state index in [-0.39, 0.29) is 5.12 Å². The van der Waals surface area contributed by atoms with Crippen molar-refractivity contribution < 1.29 is 4.79 Å². The monoisotopic (exact) mass is 180 g/mol. The highest BCUT2D eigenvalue weighted by Gasteiger charge is 1.92. The van der Waals surface area contributed by atoms with Crippen LogP contribution < -0.4 is 0 Å².